The van der Waals surface area contributed by atoms with Gasteiger partial charge in [-0.2, -0.15) is 0 Å². The van der Waals surface area contributed by atoms with Crippen LogP contribution in [0.1, 0.15) is 44.2 Å². The molecule has 24 heavy (non-hydrogen) atoms. The quantitative estimate of drug-likeness (QED) is 0.728. The number of fused-ring (bicyclic) bond motifs is 1. The molecule has 0 saturated heterocycles. The zero-order chi connectivity index (χ0) is 17.6. The van der Waals surface area contributed by atoms with Gasteiger partial charge in [-0.05, 0) is 43.9 Å². The Labute approximate surface area is 147 Å². The highest BCUT2D eigenvalue weighted by Crippen LogP contribution is 2.42. The lowest BCUT2D eigenvalue weighted by atomic mass is 9.88. The van der Waals surface area contributed by atoms with E-state index in [1.54, 1.807) is 13.8 Å². The Morgan fingerprint density at radius 1 is 1.21 bits per heavy atom. The standard InChI is InChI=1S/C18H24ClNO4/c1-3-23-16(21)9-11-20-18(12-17(22)24-4-2)10-8-13-14(18)6-5-7-15(13)19/h5-7,20H,3-4,8-12H2,1-2H3. The van der Waals surface area contributed by atoms with Gasteiger partial charge in [0.25, 0.3) is 0 Å². The van der Waals surface area contributed by atoms with Crippen molar-refractivity contribution in [2.45, 2.75) is 45.1 Å². The van der Waals surface area contributed by atoms with Crippen LogP contribution in [0.2, 0.25) is 5.02 Å². The summed E-state index contributed by atoms with van der Waals surface area (Å²) < 4.78 is 10.1. The van der Waals surface area contributed by atoms with E-state index in [0.29, 0.717) is 24.8 Å². The average Bonchev–Trinajstić information content (AvgIpc) is 2.88. The Hall–Kier alpha value is -1.59. The Bertz CT molecular complexity index is 605. The summed E-state index contributed by atoms with van der Waals surface area (Å²) in [6, 6.07) is 5.74. The Morgan fingerprint density at radius 2 is 1.92 bits per heavy atom. The Kier molecular flexibility index (Phi) is 6.63. The normalized spacial score (nSPS) is 19.0. The van der Waals surface area contributed by atoms with Crippen LogP contribution in [0, 0.1) is 0 Å². The largest absolute Gasteiger partial charge is 0.466 e. The van der Waals surface area contributed by atoms with Crippen molar-refractivity contribution in [2.24, 2.45) is 0 Å². The molecule has 0 aromatic heterocycles. The number of esters is 2. The monoisotopic (exact) mass is 353 g/mol. The summed E-state index contributed by atoms with van der Waals surface area (Å²) in [5.74, 6) is -0.505. The van der Waals surface area contributed by atoms with Crippen LogP contribution in [-0.4, -0.2) is 31.7 Å². The first-order valence-electron chi connectivity index (χ1n) is 8.36. The highest BCUT2D eigenvalue weighted by molar-refractivity contribution is 6.31. The van der Waals surface area contributed by atoms with Crippen molar-refractivity contribution in [1.29, 1.82) is 0 Å². The van der Waals surface area contributed by atoms with Crippen LogP contribution < -0.4 is 5.32 Å². The van der Waals surface area contributed by atoms with Crippen LogP contribution in [0.3, 0.4) is 0 Å². The average molecular weight is 354 g/mol. The number of hydrogen-bond acceptors (Lipinski definition) is 5. The van der Waals surface area contributed by atoms with E-state index in [9.17, 15) is 9.59 Å². The minimum atomic E-state index is -0.543. The molecule has 0 saturated carbocycles. The molecule has 5 nitrogen and oxygen atoms in total. The first-order valence-corrected chi connectivity index (χ1v) is 8.74. The van der Waals surface area contributed by atoms with Gasteiger partial charge in [0, 0.05) is 11.6 Å². The maximum absolute atomic E-state index is 12.1. The minimum Gasteiger partial charge on any atom is -0.466 e. The number of hydrogen-bond donors (Lipinski definition) is 1. The number of carbonyl (C=O) groups excluding carboxylic acids is 2. The van der Waals surface area contributed by atoms with Gasteiger partial charge in [-0.1, -0.05) is 23.7 Å². The molecular formula is C18H24ClNO4. The molecule has 0 amide bonds. The van der Waals surface area contributed by atoms with Gasteiger partial charge in [0.15, 0.2) is 0 Å². The molecule has 0 bridgehead atoms. The lowest BCUT2D eigenvalue weighted by Gasteiger charge is -2.31. The summed E-state index contributed by atoms with van der Waals surface area (Å²) in [6.45, 7) is 4.72. The molecule has 0 fully saturated rings. The number of nitrogens with one attached hydrogen (secondary N) is 1. The summed E-state index contributed by atoms with van der Waals surface area (Å²) in [5.41, 5.74) is 1.54. The van der Waals surface area contributed by atoms with Crippen molar-refractivity contribution < 1.29 is 19.1 Å². The van der Waals surface area contributed by atoms with Gasteiger partial charge in [-0.15, -0.1) is 0 Å². The third-order valence-electron chi connectivity index (χ3n) is 4.29. The highest BCUT2D eigenvalue weighted by Gasteiger charge is 2.41. The second-order valence-corrected chi connectivity index (χ2v) is 6.22. The van der Waals surface area contributed by atoms with Crippen LogP contribution in [0.15, 0.2) is 18.2 Å². The van der Waals surface area contributed by atoms with Gasteiger partial charge in [-0.25, -0.2) is 0 Å². The summed E-state index contributed by atoms with van der Waals surface area (Å²) in [6.07, 6.45) is 2.01. The fourth-order valence-electron chi connectivity index (χ4n) is 3.26. The minimum absolute atomic E-state index is 0.219. The van der Waals surface area contributed by atoms with Gasteiger partial charge in [0.1, 0.15) is 0 Å². The van der Waals surface area contributed by atoms with Crippen LogP contribution in [-0.2, 0) is 31.0 Å². The van der Waals surface area contributed by atoms with Crippen molar-refractivity contribution in [2.75, 3.05) is 19.8 Å². The van der Waals surface area contributed by atoms with E-state index >= 15 is 0 Å². The number of ether oxygens (including phenoxy) is 2. The zero-order valence-corrected chi connectivity index (χ0v) is 14.9. The molecule has 1 aliphatic carbocycles. The van der Waals surface area contributed by atoms with Gasteiger partial charge in [-0.3, -0.25) is 9.59 Å². The van der Waals surface area contributed by atoms with Crippen molar-refractivity contribution in [3.05, 3.63) is 34.3 Å². The lowest BCUT2D eigenvalue weighted by Crippen LogP contribution is -2.43. The maximum atomic E-state index is 12.1. The second kappa shape index (κ2) is 8.49. The molecular weight excluding hydrogens is 330 g/mol. The van der Waals surface area contributed by atoms with Crippen LogP contribution in [0.25, 0.3) is 0 Å². The lowest BCUT2D eigenvalue weighted by molar-refractivity contribution is -0.145. The first kappa shape index (κ1) is 18.7. The van der Waals surface area contributed by atoms with E-state index in [1.807, 2.05) is 18.2 Å². The zero-order valence-electron chi connectivity index (χ0n) is 14.2. The predicted molar refractivity (Wildman–Crippen MR) is 92.0 cm³/mol. The number of rotatable bonds is 8. The highest BCUT2D eigenvalue weighted by atomic mass is 35.5. The molecule has 1 N–H and O–H groups in total. The molecule has 2 rings (SSSR count). The molecule has 1 aliphatic rings. The van der Waals surface area contributed by atoms with Gasteiger partial charge >= 0.3 is 11.9 Å². The molecule has 0 radical (unpaired) electrons. The van der Waals surface area contributed by atoms with E-state index in [-0.39, 0.29) is 24.8 Å². The van der Waals surface area contributed by atoms with Crippen LogP contribution in [0.4, 0.5) is 0 Å². The maximum Gasteiger partial charge on any atom is 0.308 e. The van der Waals surface area contributed by atoms with Gasteiger partial charge in [0.2, 0.25) is 0 Å². The van der Waals surface area contributed by atoms with Crippen LogP contribution >= 0.6 is 11.6 Å². The fraction of sp³-hybridized carbons (Fsp3) is 0.556. The molecule has 1 atom stereocenters. The summed E-state index contributed by atoms with van der Waals surface area (Å²) in [4.78, 5) is 23.7. The SMILES string of the molecule is CCOC(=O)CCNC1(CC(=O)OCC)CCc2c(Cl)cccc21. The van der Waals surface area contributed by atoms with E-state index in [0.717, 1.165) is 24.0 Å². The Morgan fingerprint density at radius 3 is 2.62 bits per heavy atom. The molecule has 0 aliphatic heterocycles. The smallest absolute Gasteiger partial charge is 0.308 e. The van der Waals surface area contributed by atoms with Crippen molar-refractivity contribution in [3.8, 4) is 0 Å². The molecule has 0 heterocycles. The van der Waals surface area contributed by atoms with Crippen molar-refractivity contribution in [1.82, 2.24) is 5.32 Å². The van der Waals surface area contributed by atoms with E-state index < -0.39 is 5.54 Å². The topological polar surface area (TPSA) is 64.6 Å². The Balaban J connectivity index is 2.17. The van der Waals surface area contributed by atoms with Gasteiger partial charge < -0.3 is 14.8 Å². The predicted octanol–water partition coefficient (Wildman–Crippen LogP) is 2.98. The third kappa shape index (κ3) is 4.28. The number of benzene rings is 1. The summed E-state index contributed by atoms with van der Waals surface area (Å²) >= 11 is 6.30. The molecule has 6 heteroatoms. The summed E-state index contributed by atoms with van der Waals surface area (Å²) in [5, 5.41) is 4.11. The molecule has 1 aromatic carbocycles. The van der Waals surface area contributed by atoms with Crippen molar-refractivity contribution in [3.63, 3.8) is 0 Å². The number of halogens is 1. The second-order valence-electron chi connectivity index (χ2n) is 5.81. The van der Waals surface area contributed by atoms with E-state index in [1.165, 1.54) is 0 Å². The first-order chi connectivity index (χ1) is 11.5. The van der Waals surface area contributed by atoms with E-state index in [4.69, 9.17) is 21.1 Å². The molecule has 132 valence electrons. The molecule has 0 spiro atoms. The van der Waals surface area contributed by atoms with Gasteiger partial charge in [0.05, 0.1) is 31.6 Å². The molecule has 1 aromatic rings. The fourth-order valence-corrected chi connectivity index (χ4v) is 3.53. The number of carbonyl (C=O) groups is 2. The summed E-state index contributed by atoms with van der Waals surface area (Å²) in [7, 11) is 0. The molecule has 1 unspecified atom stereocenters. The third-order valence-corrected chi connectivity index (χ3v) is 4.64. The van der Waals surface area contributed by atoms with E-state index in [2.05, 4.69) is 5.32 Å². The van der Waals surface area contributed by atoms with Crippen molar-refractivity contribution >= 4 is 23.5 Å². The van der Waals surface area contributed by atoms with Crippen LogP contribution in [0.5, 0.6) is 0 Å².